The number of methoxy groups -OCH3 is 1. The number of esters is 1. The van der Waals surface area contributed by atoms with Gasteiger partial charge in [-0.25, -0.2) is 0 Å². The van der Waals surface area contributed by atoms with Crippen LogP contribution in [0.4, 0.5) is 0 Å². The number of rotatable bonds is 5. The van der Waals surface area contributed by atoms with E-state index in [9.17, 15) is 4.79 Å². The van der Waals surface area contributed by atoms with Crippen LogP contribution in [0.5, 0.6) is 0 Å². The highest BCUT2D eigenvalue weighted by molar-refractivity contribution is 5.75. The van der Waals surface area contributed by atoms with Gasteiger partial charge in [0.05, 0.1) is 7.11 Å². The third-order valence-electron chi connectivity index (χ3n) is 2.29. The maximum atomic E-state index is 11.2. The minimum Gasteiger partial charge on any atom is -0.468 e. The first-order chi connectivity index (χ1) is 5.71. The zero-order chi connectivity index (χ0) is 9.56. The summed E-state index contributed by atoms with van der Waals surface area (Å²) >= 11 is 0. The molecule has 1 N–H and O–H groups in total. The predicted octanol–water partition coefficient (Wildman–Crippen LogP) is 1.18. The van der Waals surface area contributed by atoms with Gasteiger partial charge < -0.3 is 10.1 Å². The Morgan fingerprint density at radius 1 is 1.42 bits per heavy atom. The second-order valence-corrected chi connectivity index (χ2v) is 2.87. The summed E-state index contributed by atoms with van der Waals surface area (Å²) in [6.45, 7) is 4.17. The van der Waals surface area contributed by atoms with Crippen molar-refractivity contribution in [3.8, 4) is 0 Å². The van der Waals surface area contributed by atoms with E-state index in [1.807, 2.05) is 0 Å². The van der Waals surface area contributed by atoms with Crippen molar-refractivity contribution < 1.29 is 9.53 Å². The van der Waals surface area contributed by atoms with Crippen LogP contribution in [0.15, 0.2) is 0 Å². The second-order valence-electron chi connectivity index (χ2n) is 2.87. The van der Waals surface area contributed by atoms with Crippen molar-refractivity contribution in [2.24, 2.45) is 5.92 Å². The lowest BCUT2D eigenvalue weighted by molar-refractivity contribution is -0.144. The third-order valence-corrected chi connectivity index (χ3v) is 2.29. The Morgan fingerprint density at radius 2 is 1.92 bits per heavy atom. The van der Waals surface area contributed by atoms with Crippen LogP contribution in [-0.4, -0.2) is 26.2 Å². The summed E-state index contributed by atoms with van der Waals surface area (Å²) < 4.78 is 4.69. The first kappa shape index (κ1) is 11.4. The summed E-state index contributed by atoms with van der Waals surface area (Å²) in [6.07, 6.45) is 1.99. The zero-order valence-corrected chi connectivity index (χ0v) is 8.39. The molecule has 3 heteroatoms. The van der Waals surface area contributed by atoms with E-state index in [1.165, 1.54) is 7.11 Å². The molecule has 0 aliphatic carbocycles. The summed E-state index contributed by atoms with van der Waals surface area (Å²) in [6, 6.07) is -0.148. The summed E-state index contributed by atoms with van der Waals surface area (Å²) in [5.74, 6) is 0.216. The van der Waals surface area contributed by atoms with Crippen LogP contribution in [0.25, 0.3) is 0 Å². The molecule has 0 saturated heterocycles. The molecule has 0 heterocycles. The summed E-state index contributed by atoms with van der Waals surface area (Å²) in [5, 5.41) is 2.98. The van der Waals surface area contributed by atoms with E-state index < -0.39 is 0 Å². The Balaban J connectivity index is 4.19. The molecule has 0 aromatic heterocycles. The zero-order valence-electron chi connectivity index (χ0n) is 8.39. The minimum atomic E-state index is -0.161. The number of ether oxygens (including phenoxy) is 1. The quantitative estimate of drug-likeness (QED) is 0.634. The van der Waals surface area contributed by atoms with E-state index in [-0.39, 0.29) is 12.0 Å². The van der Waals surface area contributed by atoms with Crippen LogP contribution in [0.3, 0.4) is 0 Å². The molecular weight excluding hydrogens is 154 g/mol. The lowest BCUT2D eigenvalue weighted by atomic mass is 9.94. The van der Waals surface area contributed by atoms with E-state index in [0.717, 1.165) is 12.8 Å². The van der Waals surface area contributed by atoms with Crippen molar-refractivity contribution in [2.75, 3.05) is 14.2 Å². The van der Waals surface area contributed by atoms with Crippen molar-refractivity contribution in [1.29, 1.82) is 0 Å². The Labute approximate surface area is 74.5 Å². The normalized spacial score (nSPS) is 13.1. The average molecular weight is 173 g/mol. The average Bonchev–Trinajstić information content (AvgIpc) is 2.12. The van der Waals surface area contributed by atoms with Crippen LogP contribution < -0.4 is 5.32 Å². The molecule has 0 aromatic rings. The number of hydrogen-bond acceptors (Lipinski definition) is 3. The molecule has 0 fully saturated rings. The summed E-state index contributed by atoms with van der Waals surface area (Å²) in [7, 11) is 3.22. The van der Waals surface area contributed by atoms with Gasteiger partial charge in [-0.1, -0.05) is 26.7 Å². The molecule has 1 atom stereocenters. The highest BCUT2D eigenvalue weighted by atomic mass is 16.5. The third kappa shape index (κ3) is 2.81. The number of likely N-dealkylation sites (N-methyl/N-ethyl adjacent to an activating group) is 1. The first-order valence-electron chi connectivity index (χ1n) is 4.46. The molecule has 1 unspecified atom stereocenters. The lowest BCUT2D eigenvalue weighted by Gasteiger charge is -2.21. The van der Waals surface area contributed by atoms with E-state index in [1.54, 1.807) is 7.05 Å². The van der Waals surface area contributed by atoms with Crippen LogP contribution in [0.1, 0.15) is 26.7 Å². The van der Waals surface area contributed by atoms with Gasteiger partial charge in [0.15, 0.2) is 0 Å². The summed E-state index contributed by atoms with van der Waals surface area (Å²) in [5.41, 5.74) is 0. The van der Waals surface area contributed by atoms with Crippen molar-refractivity contribution in [2.45, 2.75) is 32.7 Å². The van der Waals surface area contributed by atoms with Crippen LogP contribution >= 0.6 is 0 Å². The fourth-order valence-electron chi connectivity index (χ4n) is 1.43. The molecule has 0 rings (SSSR count). The van der Waals surface area contributed by atoms with Crippen molar-refractivity contribution in [1.82, 2.24) is 5.32 Å². The van der Waals surface area contributed by atoms with E-state index >= 15 is 0 Å². The van der Waals surface area contributed by atoms with Gasteiger partial charge in [-0.15, -0.1) is 0 Å². The summed E-state index contributed by atoms with van der Waals surface area (Å²) in [4.78, 5) is 11.2. The molecule has 0 amide bonds. The fraction of sp³-hybridized carbons (Fsp3) is 0.889. The smallest absolute Gasteiger partial charge is 0.323 e. The van der Waals surface area contributed by atoms with Gasteiger partial charge in [-0.05, 0) is 13.0 Å². The Morgan fingerprint density at radius 3 is 2.17 bits per heavy atom. The van der Waals surface area contributed by atoms with E-state index in [2.05, 4.69) is 23.9 Å². The predicted molar refractivity (Wildman–Crippen MR) is 48.9 cm³/mol. The molecule has 12 heavy (non-hydrogen) atoms. The SMILES string of the molecule is CCC(CC)C(NC)C(=O)OC. The molecule has 72 valence electrons. The highest BCUT2D eigenvalue weighted by Crippen LogP contribution is 2.13. The maximum absolute atomic E-state index is 11.2. The molecule has 0 spiro atoms. The van der Waals surface area contributed by atoms with Crippen LogP contribution in [0.2, 0.25) is 0 Å². The standard InChI is InChI=1S/C9H19NO2/c1-5-7(6-2)8(10-3)9(11)12-4/h7-8,10H,5-6H2,1-4H3. The van der Waals surface area contributed by atoms with Gasteiger partial charge >= 0.3 is 5.97 Å². The topological polar surface area (TPSA) is 38.3 Å². The molecule has 0 saturated carbocycles. The van der Waals surface area contributed by atoms with Crippen molar-refractivity contribution >= 4 is 5.97 Å². The van der Waals surface area contributed by atoms with Gasteiger partial charge in [0, 0.05) is 0 Å². The van der Waals surface area contributed by atoms with Gasteiger partial charge in [-0.3, -0.25) is 4.79 Å². The second kappa shape index (κ2) is 6.00. The molecule has 0 aromatic carbocycles. The van der Waals surface area contributed by atoms with E-state index in [0.29, 0.717) is 5.92 Å². The van der Waals surface area contributed by atoms with E-state index in [4.69, 9.17) is 0 Å². The Kier molecular flexibility index (Phi) is 5.72. The number of carbonyl (C=O) groups excluding carboxylic acids is 1. The van der Waals surface area contributed by atoms with Crippen LogP contribution in [0, 0.1) is 5.92 Å². The number of hydrogen-bond donors (Lipinski definition) is 1. The van der Waals surface area contributed by atoms with Gasteiger partial charge in [0.1, 0.15) is 6.04 Å². The molecule has 0 aliphatic rings. The molecule has 0 radical (unpaired) electrons. The highest BCUT2D eigenvalue weighted by Gasteiger charge is 2.24. The maximum Gasteiger partial charge on any atom is 0.323 e. The van der Waals surface area contributed by atoms with Crippen LogP contribution in [-0.2, 0) is 9.53 Å². The van der Waals surface area contributed by atoms with Crippen molar-refractivity contribution in [3.63, 3.8) is 0 Å². The monoisotopic (exact) mass is 173 g/mol. The lowest BCUT2D eigenvalue weighted by Crippen LogP contribution is -2.41. The number of carbonyl (C=O) groups is 1. The first-order valence-corrected chi connectivity index (χ1v) is 4.46. The molecule has 3 nitrogen and oxygen atoms in total. The fourth-order valence-corrected chi connectivity index (χ4v) is 1.43. The molecule has 0 bridgehead atoms. The molecular formula is C9H19NO2. The van der Waals surface area contributed by atoms with Gasteiger partial charge in [0.2, 0.25) is 0 Å². The Hall–Kier alpha value is -0.570. The van der Waals surface area contributed by atoms with Gasteiger partial charge in [0.25, 0.3) is 0 Å². The molecule has 0 aliphatic heterocycles. The van der Waals surface area contributed by atoms with Gasteiger partial charge in [-0.2, -0.15) is 0 Å². The van der Waals surface area contributed by atoms with Crippen molar-refractivity contribution in [3.05, 3.63) is 0 Å². The minimum absolute atomic E-state index is 0.148. The Bertz CT molecular complexity index is 132. The number of nitrogens with one attached hydrogen (secondary N) is 1. The largest absolute Gasteiger partial charge is 0.468 e.